The van der Waals surface area contributed by atoms with Crippen LogP contribution in [0, 0.1) is 0 Å². The minimum Gasteiger partial charge on any atom is -0.493 e. The molecule has 1 aromatic heterocycles. The van der Waals surface area contributed by atoms with Crippen molar-refractivity contribution in [3.05, 3.63) is 88.9 Å². The number of hydrazone groups is 1. The predicted octanol–water partition coefficient (Wildman–Crippen LogP) is 5.38. The number of imidazole rings is 1. The monoisotopic (exact) mass is 478 g/mol. The van der Waals surface area contributed by atoms with E-state index in [-0.39, 0.29) is 11.7 Å². The maximum Gasteiger partial charge on any atom is 0.250 e. The van der Waals surface area contributed by atoms with Crippen molar-refractivity contribution in [2.45, 2.75) is 18.6 Å². The van der Waals surface area contributed by atoms with E-state index in [0.717, 1.165) is 33.1 Å². The molecule has 0 saturated heterocycles. The summed E-state index contributed by atoms with van der Waals surface area (Å²) in [5.41, 5.74) is 6.39. The van der Waals surface area contributed by atoms with E-state index in [9.17, 15) is 4.79 Å². The van der Waals surface area contributed by atoms with Crippen LogP contribution >= 0.6 is 23.4 Å². The molecule has 6 nitrogen and oxygen atoms in total. The third-order valence-corrected chi connectivity index (χ3v) is 6.05. The van der Waals surface area contributed by atoms with E-state index in [0.29, 0.717) is 18.2 Å². The van der Waals surface area contributed by atoms with Crippen molar-refractivity contribution in [3.63, 3.8) is 0 Å². The summed E-state index contributed by atoms with van der Waals surface area (Å²) in [6.07, 6.45) is 1.59. The summed E-state index contributed by atoms with van der Waals surface area (Å²) in [5, 5.41) is 5.55. The molecule has 0 spiro atoms. The molecular formula is C25H23ClN4O2S. The lowest BCUT2D eigenvalue weighted by Crippen LogP contribution is -2.20. The van der Waals surface area contributed by atoms with Gasteiger partial charge in [-0.2, -0.15) is 5.10 Å². The molecule has 33 heavy (non-hydrogen) atoms. The molecule has 1 heterocycles. The molecule has 1 amide bonds. The lowest BCUT2D eigenvalue weighted by atomic mass is 10.2. The zero-order valence-electron chi connectivity index (χ0n) is 18.1. The Labute approximate surface area is 201 Å². The van der Waals surface area contributed by atoms with Crippen LogP contribution in [0.4, 0.5) is 0 Å². The summed E-state index contributed by atoms with van der Waals surface area (Å²) in [4.78, 5) is 17.1. The van der Waals surface area contributed by atoms with Crippen molar-refractivity contribution in [1.82, 2.24) is 15.0 Å². The Hall–Kier alpha value is -3.29. The van der Waals surface area contributed by atoms with Crippen LogP contribution in [-0.4, -0.2) is 34.0 Å². The fourth-order valence-corrected chi connectivity index (χ4v) is 4.23. The lowest BCUT2D eigenvalue weighted by molar-refractivity contribution is -0.118. The van der Waals surface area contributed by atoms with Crippen LogP contribution in [0.15, 0.2) is 83.1 Å². The van der Waals surface area contributed by atoms with Crippen LogP contribution in [0.2, 0.25) is 5.02 Å². The first-order valence-corrected chi connectivity index (χ1v) is 11.9. The zero-order valence-corrected chi connectivity index (χ0v) is 19.6. The summed E-state index contributed by atoms with van der Waals surface area (Å²) in [6, 6.07) is 23.2. The second-order valence-corrected chi connectivity index (χ2v) is 8.53. The van der Waals surface area contributed by atoms with Crippen molar-refractivity contribution in [2.24, 2.45) is 5.10 Å². The molecule has 168 valence electrons. The van der Waals surface area contributed by atoms with E-state index >= 15 is 0 Å². The standard InChI is InChI=1S/C25H23ClN4O2S/c1-2-32-23-10-6-3-7-19(23)15-27-29-24(31)17-33-25-28-21-8-4-5-9-22(21)30(25)16-18-11-13-20(26)14-12-18/h3-15H,2,16-17H2,1H3,(H,29,31)/b27-15+. The van der Waals surface area contributed by atoms with Gasteiger partial charge in [0.15, 0.2) is 5.16 Å². The van der Waals surface area contributed by atoms with Crippen LogP contribution in [-0.2, 0) is 11.3 Å². The molecule has 4 rings (SSSR count). The van der Waals surface area contributed by atoms with Gasteiger partial charge in [-0.15, -0.1) is 0 Å². The summed E-state index contributed by atoms with van der Waals surface area (Å²) >= 11 is 7.40. The topological polar surface area (TPSA) is 68.5 Å². The molecule has 0 aliphatic heterocycles. The first-order chi connectivity index (χ1) is 16.1. The van der Waals surface area contributed by atoms with Gasteiger partial charge >= 0.3 is 0 Å². The van der Waals surface area contributed by atoms with Gasteiger partial charge in [0, 0.05) is 10.6 Å². The van der Waals surface area contributed by atoms with E-state index in [1.165, 1.54) is 11.8 Å². The Morgan fingerprint density at radius 3 is 2.70 bits per heavy atom. The molecule has 0 bridgehead atoms. The van der Waals surface area contributed by atoms with Crippen molar-refractivity contribution in [1.29, 1.82) is 0 Å². The Morgan fingerprint density at radius 1 is 1.12 bits per heavy atom. The minimum absolute atomic E-state index is 0.189. The van der Waals surface area contributed by atoms with Gasteiger partial charge in [0.2, 0.25) is 0 Å². The SMILES string of the molecule is CCOc1ccccc1/C=N/NC(=O)CSc1nc2ccccc2n1Cc1ccc(Cl)cc1. The Kier molecular flexibility index (Phi) is 7.65. The summed E-state index contributed by atoms with van der Waals surface area (Å²) in [6.45, 7) is 3.12. The number of benzene rings is 3. The van der Waals surface area contributed by atoms with E-state index in [1.807, 2.05) is 79.7 Å². The average Bonchev–Trinajstić information content (AvgIpc) is 3.18. The summed E-state index contributed by atoms with van der Waals surface area (Å²) < 4.78 is 7.68. The number of halogens is 1. The van der Waals surface area contributed by atoms with Crippen LogP contribution < -0.4 is 10.2 Å². The molecule has 0 unspecified atom stereocenters. The first-order valence-electron chi connectivity index (χ1n) is 10.5. The minimum atomic E-state index is -0.213. The number of ether oxygens (including phenoxy) is 1. The van der Waals surface area contributed by atoms with Crippen molar-refractivity contribution < 1.29 is 9.53 Å². The van der Waals surface area contributed by atoms with E-state index in [1.54, 1.807) is 6.21 Å². The highest BCUT2D eigenvalue weighted by atomic mass is 35.5. The number of nitrogens with zero attached hydrogens (tertiary/aromatic N) is 3. The van der Waals surface area contributed by atoms with E-state index < -0.39 is 0 Å². The second kappa shape index (κ2) is 11.0. The van der Waals surface area contributed by atoms with Crippen molar-refractivity contribution in [2.75, 3.05) is 12.4 Å². The number of para-hydroxylation sites is 3. The van der Waals surface area contributed by atoms with Gasteiger partial charge in [-0.05, 0) is 48.9 Å². The highest BCUT2D eigenvalue weighted by Crippen LogP contribution is 2.25. The summed E-state index contributed by atoms with van der Waals surface area (Å²) in [7, 11) is 0. The van der Waals surface area contributed by atoms with Crippen LogP contribution in [0.1, 0.15) is 18.1 Å². The highest BCUT2D eigenvalue weighted by Gasteiger charge is 2.13. The molecule has 0 aliphatic carbocycles. The molecule has 0 fully saturated rings. The number of hydrogen-bond acceptors (Lipinski definition) is 5. The molecular weight excluding hydrogens is 456 g/mol. The predicted molar refractivity (Wildman–Crippen MR) is 134 cm³/mol. The Balaban J connectivity index is 1.43. The normalized spacial score (nSPS) is 11.2. The van der Waals surface area contributed by atoms with Gasteiger partial charge in [-0.25, -0.2) is 10.4 Å². The fraction of sp³-hybridized carbons (Fsp3) is 0.160. The molecule has 0 aliphatic rings. The number of carbonyl (C=O) groups is 1. The number of rotatable bonds is 9. The lowest BCUT2D eigenvalue weighted by Gasteiger charge is -2.09. The maximum absolute atomic E-state index is 12.4. The number of nitrogens with one attached hydrogen (secondary N) is 1. The van der Waals surface area contributed by atoms with Gasteiger partial charge in [0.1, 0.15) is 5.75 Å². The third kappa shape index (κ3) is 5.94. The molecule has 0 saturated carbocycles. The maximum atomic E-state index is 12.4. The number of amides is 1. The van der Waals surface area contributed by atoms with Crippen LogP contribution in [0.5, 0.6) is 5.75 Å². The van der Waals surface area contributed by atoms with E-state index in [2.05, 4.69) is 15.1 Å². The third-order valence-electron chi connectivity index (χ3n) is 4.82. The van der Waals surface area contributed by atoms with Crippen molar-refractivity contribution in [3.8, 4) is 5.75 Å². The molecule has 4 aromatic rings. The summed E-state index contributed by atoms with van der Waals surface area (Å²) in [5.74, 6) is 0.701. The number of hydrogen-bond donors (Lipinski definition) is 1. The largest absolute Gasteiger partial charge is 0.493 e. The quantitative estimate of drug-likeness (QED) is 0.199. The smallest absolute Gasteiger partial charge is 0.250 e. The number of carbonyl (C=O) groups excluding carboxylic acids is 1. The highest BCUT2D eigenvalue weighted by molar-refractivity contribution is 7.99. The Bertz CT molecular complexity index is 1270. The molecule has 0 radical (unpaired) electrons. The van der Waals surface area contributed by atoms with Gasteiger partial charge < -0.3 is 9.30 Å². The fourth-order valence-electron chi connectivity index (χ4n) is 3.30. The second-order valence-electron chi connectivity index (χ2n) is 7.15. The van der Waals surface area contributed by atoms with Gasteiger partial charge in [-0.3, -0.25) is 4.79 Å². The number of aromatic nitrogens is 2. The molecule has 8 heteroatoms. The van der Waals surface area contributed by atoms with Crippen molar-refractivity contribution >= 4 is 46.5 Å². The number of fused-ring (bicyclic) bond motifs is 1. The van der Waals surface area contributed by atoms with Crippen LogP contribution in [0.3, 0.4) is 0 Å². The van der Waals surface area contributed by atoms with Crippen LogP contribution in [0.25, 0.3) is 11.0 Å². The van der Waals surface area contributed by atoms with E-state index in [4.69, 9.17) is 21.3 Å². The van der Waals surface area contributed by atoms with Gasteiger partial charge in [-0.1, -0.05) is 59.8 Å². The van der Waals surface area contributed by atoms with Gasteiger partial charge in [0.25, 0.3) is 5.91 Å². The Morgan fingerprint density at radius 2 is 1.88 bits per heavy atom. The van der Waals surface area contributed by atoms with Gasteiger partial charge in [0.05, 0.1) is 36.2 Å². The zero-order chi connectivity index (χ0) is 23.0. The molecule has 0 atom stereocenters. The molecule has 3 aromatic carbocycles. The first kappa shape index (κ1) is 22.9. The number of thioether (sulfide) groups is 1. The average molecular weight is 479 g/mol. The molecule has 1 N–H and O–H groups in total.